The van der Waals surface area contributed by atoms with Crippen molar-refractivity contribution < 1.29 is 0 Å². The van der Waals surface area contributed by atoms with E-state index in [0.717, 1.165) is 28.4 Å². The molecule has 1 saturated heterocycles. The van der Waals surface area contributed by atoms with Gasteiger partial charge in [0.1, 0.15) is 0 Å². The van der Waals surface area contributed by atoms with Gasteiger partial charge in [-0.25, -0.2) is 4.99 Å². The molecule has 88 valence electrons. The maximum absolute atomic E-state index is 5.96. The Balaban J connectivity index is 1.90. The van der Waals surface area contributed by atoms with Gasteiger partial charge in [-0.05, 0) is 32.9 Å². The maximum Gasteiger partial charge on any atom is 0.191 e. The van der Waals surface area contributed by atoms with Crippen LogP contribution in [0.3, 0.4) is 0 Å². The highest BCUT2D eigenvalue weighted by Crippen LogP contribution is 2.21. The van der Waals surface area contributed by atoms with Crippen LogP contribution < -0.4 is 5.73 Å². The van der Waals surface area contributed by atoms with Crippen LogP contribution in [0, 0.1) is 0 Å². The van der Waals surface area contributed by atoms with E-state index in [1.165, 1.54) is 5.56 Å². The molecule has 1 fully saturated rings. The predicted molar refractivity (Wildman–Crippen MR) is 76.2 cm³/mol. The highest BCUT2D eigenvalue weighted by Gasteiger charge is 2.11. The average Bonchev–Trinajstić information content (AvgIpc) is 2.73. The third kappa shape index (κ3) is 3.40. The number of thiophene rings is 1. The molecule has 2 rings (SSSR count). The van der Waals surface area contributed by atoms with Gasteiger partial charge in [-0.2, -0.15) is 11.8 Å². The first-order valence-electron chi connectivity index (χ1n) is 5.11. The number of guanidine groups is 1. The summed E-state index contributed by atoms with van der Waals surface area (Å²) in [5.41, 5.74) is 7.18. The molecule has 1 aliphatic heterocycles. The van der Waals surface area contributed by atoms with Crippen LogP contribution in [-0.2, 0) is 6.54 Å². The number of thioether (sulfide) groups is 1. The van der Waals surface area contributed by atoms with Gasteiger partial charge >= 0.3 is 0 Å². The Bertz CT molecular complexity index is 372. The zero-order valence-electron chi connectivity index (χ0n) is 8.86. The van der Waals surface area contributed by atoms with Crippen LogP contribution in [0.4, 0.5) is 0 Å². The smallest absolute Gasteiger partial charge is 0.191 e. The van der Waals surface area contributed by atoms with Crippen LogP contribution in [0.15, 0.2) is 20.2 Å². The van der Waals surface area contributed by atoms with Crippen molar-refractivity contribution >= 4 is 45.0 Å². The molecule has 2 N–H and O–H groups in total. The molecule has 16 heavy (non-hydrogen) atoms. The lowest BCUT2D eigenvalue weighted by atomic mass is 10.3. The zero-order chi connectivity index (χ0) is 11.4. The molecule has 0 unspecified atom stereocenters. The normalized spacial score (nSPS) is 17.8. The van der Waals surface area contributed by atoms with E-state index < -0.39 is 0 Å². The lowest BCUT2D eigenvalue weighted by molar-refractivity contribution is 0.455. The molecular weight excluding hydrogens is 306 g/mol. The number of nitrogens with zero attached hydrogens (tertiary/aromatic N) is 2. The number of aliphatic imine (C=N–C) groups is 1. The molecule has 0 radical (unpaired) electrons. The molecule has 6 heteroatoms. The van der Waals surface area contributed by atoms with Gasteiger partial charge in [-0.3, -0.25) is 0 Å². The standard InChI is InChI=1S/C10H14BrN3S2/c11-9-5-8(7-16-9)6-13-10(12)14-1-3-15-4-2-14/h5,7H,1-4,6H2,(H2,12,13). The predicted octanol–water partition coefficient (Wildman–Crippen LogP) is 2.37. The van der Waals surface area contributed by atoms with Gasteiger partial charge in [-0.15, -0.1) is 11.3 Å². The van der Waals surface area contributed by atoms with Crippen LogP contribution in [0.25, 0.3) is 0 Å². The van der Waals surface area contributed by atoms with Gasteiger partial charge in [0.05, 0.1) is 10.3 Å². The first-order valence-corrected chi connectivity index (χ1v) is 7.94. The number of halogens is 1. The third-order valence-electron chi connectivity index (χ3n) is 2.38. The molecule has 2 heterocycles. The molecular formula is C10H14BrN3S2. The van der Waals surface area contributed by atoms with Gasteiger partial charge < -0.3 is 10.6 Å². The van der Waals surface area contributed by atoms with Crippen molar-refractivity contribution in [1.29, 1.82) is 0 Å². The summed E-state index contributed by atoms with van der Waals surface area (Å²) in [6.45, 7) is 2.72. The van der Waals surface area contributed by atoms with Gasteiger partial charge in [0.15, 0.2) is 5.96 Å². The van der Waals surface area contributed by atoms with E-state index in [1.54, 1.807) is 11.3 Å². The molecule has 1 aliphatic rings. The fourth-order valence-electron chi connectivity index (χ4n) is 1.49. The summed E-state index contributed by atoms with van der Waals surface area (Å²) in [4.78, 5) is 6.59. The van der Waals surface area contributed by atoms with E-state index in [4.69, 9.17) is 5.73 Å². The monoisotopic (exact) mass is 319 g/mol. The van der Waals surface area contributed by atoms with E-state index in [9.17, 15) is 0 Å². The minimum absolute atomic E-state index is 0.678. The minimum Gasteiger partial charge on any atom is -0.370 e. The van der Waals surface area contributed by atoms with E-state index in [0.29, 0.717) is 12.5 Å². The molecule has 1 aromatic rings. The molecule has 0 amide bonds. The molecule has 0 bridgehead atoms. The van der Waals surface area contributed by atoms with E-state index in [-0.39, 0.29) is 0 Å². The first-order chi connectivity index (χ1) is 7.75. The summed E-state index contributed by atoms with van der Waals surface area (Å²) in [5.74, 6) is 2.99. The van der Waals surface area contributed by atoms with Gasteiger partial charge in [-0.1, -0.05) is 0 Å². The summed E-state index contributed by atoms with van der Waals surface area (Å²) in [7, 11) is 0. The first kappa shape index (κ1) is 12.3. The summed E-state index contributed by atoms with van der Waals surface area (Å²) in [6.07, 6.45) is 0. The van der Waals surface area contributed by atoms with Crippen molar-refractivity contribution in [2.45, 2.75) is 6.54 Å². The second kappa shape index (κ2) is 5.93. The zero-order valence-corrected chi connectivity index (χ0v) is 12.1. The quantitative estimate of drug-likeness (QED) is 0.672. The Morgan fingerprint density at radius 2 is 2.25 bits per heavy atom. The van der Waals surface area contributed by atoms with Crippen LogP contribution in [0.2, 0.25) is 0 Å². The van der Waals surface area contributed by atoms with Crippen LogP contribution >= 0.6 is 39.0 Å². The molecule has 3 nitrogen and oxygen atoms in total. The second-order valence-electron chi connectivity index (χ2n) is 3.53. The molecule has 0 spiro atoms. The number of hydrogen-bond acceptors (Lipinski definition) is 3. The summed E-state index contributed by atoms with van der Waals surface area (Å²) < 4.78 is 1.14. The van der Waals surface area contributed by atoms with Gasteiger partial charge in [0.2, 0.25) is 0 Å². The fraction of sp³-hybridized carbons (Fsp3) is 0.500. The molecule has 0 saturated carbocycles. The second-order valence-corrected chi connectivity index (χ2v) is 7.05. The number of hydrogen-bond donors (Lipinski definition) is 1. The van der Waals surface area contributed by atoms with Crippen LogP contribution in [0.1, 0.15) is 5.56 Å². The molecule has 1 aromatic heterocycles. The van der Waals surface area contributed by atoms with Crippen molar-refractivity contribution in [1.82, 2.24) is 4.90 Å². The van der Waals surface area contributed by atoms with E-state index in [1.807, 2.05) is 11.8 Å². The lowest BCUT2D eigenvalue weighted by Crippen LogP contribution is -2.42. The fourth-order valence-corrected chi connectivity index (χ4v) is 3.60. The summed E-state index contributed by atoms with van der Waals surface area (Å²) in [5, 5.41) is 2.10. The lowest BCUT2D eigenvalue weighted by Gasteiger charge is -2.27. The Kier molecular flexibility index (Phi) is 4.55. The Morgan fingerprint density at radius 1 is 1.50 bits per heavy atom. The summed E-state index contributed by atoms with van der Waals surface area (Å²) in [6, 6.07) is 2.09. The van der Waals surface area contributed by atoms with Gasteiger partial charge in [0.25, 0.3) is 0 Å². The van der Waals surface area contributed by atoms with Crippen molar-refractivity contribution in [2.24, 2.45) is 10.7 Å². The topological polar surface area (TPSA) is 41.6 Å². The maximum atomic E-state index is 5.96. The van der Waals surface area contributed by atoms with Gasteiger partial charge in [0, 0.05) is 24.6 Å². The van der Waals surface area contributed by atoms with Crippen molar-refractivity contribution in [3.8, 4) is 0 Å². The Morgan fingerprint density at radius 3 is 2.88 bits per heavy atom. The third-order valence-corrected chi connectivity index (χ3v) is 4.88. The number of nitrogens with two attached hydrogens (primary N) is 1. The Labute approximate surface area is 112 Å². The van der Waals surface area contributed by atoms with Crippen LogP contribution in [0.5, 0.6) is 0 Å². The van der Waals surface area contributed by atoms with Crippen LogP contribution in [-0.4, -0.2) is 35.5 Å². The average molecular weight is 320 g/mol. The van der Waals surface area contributed by atoms with Crippen molar-refractivity contribution in [3.63, 3.8) is 0 Å². The highest BCUT2D eigenvalue weighted by molar-refractivity contribution is 9.11. The minimum atomic E-state index is 0.678. The summed E-state index contributed by atoms with van der Waals surface area (Å²) >= 11 is 7.10. The van der Waals surface area contributed by atoms with E-state index >= 15 is 0 Å². The Hall–Kier alpha value is -0.200. The largest absolute Gasteiger partial charge is 0.370 e. The van der Waals surface area contributed by atoms with Crippen molar-refractivity contribution in [2.75, 3.05) is 24.6 Å². The highest BCUT2D eigenvalue weighted by atomic mass is 79.9. The SMILES string of the molecule is NC(=NCc1csc(Br)c1)N1CCSCC1. The molecule has 0 aromatic carbocycles. The van der Waals surface area contributed by atoms with E-state index in [2.05, 4.69) is 37.3 Å². The molecule has 0 atom stereocenters. The number of rotatable bonds is 2. The van der Waals surface area contributed by atoms with Crippen molar-refractivity contribution in [3.05, 3.63) is 20.8 Å². The molecule has 0 aliphatic carbocycles.